The zero-order chi connectivity index (χ0) is 28.5. The first kappa shape index (κ1) is 27.1. The molecule has 3 aromatic carbocycles. The summed E-state index contributed by atoms with van der Waals surface area (Å²) < 4.78 is 4.71. The quantitative estimate of drug-likeness (QED) is 0.231. The number of aromatic hydroxyl groups is 1. The predicted molar refractivity (Wildman–Crippen MR) is 162 cm³/mol. The van der Waals surface area contributed by atoms with Gasteiger partial charge in [-0.1, -0.05) is 84.9 Å². The second-order valence-corrected chi connectivity index (χ2v) is 13.6. The monoisotopic (exact) mass is 541 g/mol. The fourth-order valence-electron chi connectivity index (χ4n) is 6.09. The molecule has 0 saturated carbocycles. The van der Waals surface area contributed by atoms with Gasteiger partial charge in [-0.05, 0) is 58.8 Å². The second-order valence-electron chi connectivity index (χ2n) is 13.2. The Labute approximate surface area is 235 Å². The van der Waals surface area contributed by atoms with E-state index >= 15 is 0 Å². The maximum Gasteiger partial charge on any atom is 0.180 e. The molecule has 0 amide bonds. The zero-order valence-corrected chi connectivity index (χ0v) is 25.3. The van der Waals surface area contributed by atoms with Gasteiger partial charge in [-0.3, -0.25) is 0 Å². The molecule has 0 bridgehead atoms. The van der Waals surface area contributed by atoms with Gasteiger partial charge in [-0.2, -0.15) is 0 Å². The van der Waals surface area contributed by atoms with Gasteiger partial charge in [-0.15, -0.1) is 15.0 Å². The van der Waals surface area contributed by atoms with Crippen LogP contribution < -0.4 is 0 Å². The number of hydrogen-bond donors (Lipinski definition) is 1. The molecule has 39 heavy (non-hydrogen) atoms. The molecule has 0 aliphatic carbocycles. The van der Waals surface area contributed by atoms with E-state index in [1.807, 2.05) is 53.6 Å². The van der Waals surface area contributed by atoms with Crippen molar-refractivity contribution in [3.63, 3.8) is 0 Å². The van der Waals surface area contributed by atoms with E-state index in [-0.39, 0.29) is 16.6 Å². The Morgan fingerprint density at radius 3 is 1.82 bits per heavy atom. The lowest BCUT2D eigenvalue weighted by Gasteiger charge is -2.35. The molecule has 5 rings (SSSR count). The summed E-state index contributed by atoms with van der Waals surface area (Å²) in [5.41, 5.74) is 6.77. The molecule has 0 unspecified atom stereocenters. The molecule has 0 spiro atoms. The van der Waals surface area contributed by atoms with Crippen molar-refractivity contribution >= 4 is 34.3 Å². The van der Waals surface area contributed by atoms with Crippen LogP contribution in [0, 0.1) is 10.2 Å². The standard InChI is InChI=1S/C32H39N5OS/c1-30(2,3)19-31(4,5)21-15-22(32(6,7)20-13-11-10-12-14-20)28(38)27(16-21)37-33-23-17-25-26(18-24(23)34-37)36(9)29(39)35(25)8/h10-18,38H,19H2,1-9H3. The lowest BCUT2D eigenvalue weighted by atomic mass is 9.70. The maximum absolute atomic E-state index is 11.8. The first-order valence-corrected chi connectivity index (χ1v) is 13.9. The lowest BCUT2D eigenvalue weighted by molar-refractivity contribution is 0.283. The van der Waals surface area contributed by atoms with E-state index < -0.39 is 5.41 Å². The van der Waals surface area contributed by atoms with Crippen molar-refractivity contribution < 1.29 is 5.11 Å². The van der Waals surface area contributed by atoms with Crippen LogP contribution in [0.5, 0.6) is 5.75 Å². The maximum atomic E-state index is 11.8. The highest BCUT2D eigenvalue weighted by atomic mass is 32.1. The summed E-state index contributed by atoms with van der Waals surface area (Å²) >= 11 is 5.55. The third-order valence-corrected chi connectivity index (χ3v) is 8.55. The summed E-state index contributed by atoms with van der Waals surface area (Å²) in [4.78, 5) is 1.59. The summed E-state index contributed by atoms with van der Waals surface area (Å²) in [5, 5.41) is 21.6. The number of nitrogens with zero attached hydrogens (tertiary/aromatic N) is 5. The van der Waals surface area contributed by atoms with Crippen LogP contribution in [0.15, 0.2) is 54.6 Å². The number of benzene rings is 3. The van der Waals surface area contributed by atoms with Crippen LogP contribution >= 0.6 is 12.2 Å². The summed E-state index contributed by atoms with van der Waals surface area (Å²) in [7, 11) is 3.93. The number of aromatic nitrogens is 5. The van der Waals surface area contributed by atoms with Gasteiger partial charge in [0.05, 0.1) is 11.0 Å². The number of phenolic OH excluding ortho intramolecular Hbond substituents is 1. The minimum absolute atomic E-state index is 0.133. The van der Waals surface area contributed by atoms with Gasteiger partial charge < -0.3 is 14.2 Å². The second kappa shape index (κ2) is 9.05. The van der Waals surface area contributed by atoms with Crippen LogP contribution in [-0.4, -0.2) is 29.2 Å². The van der Waals surface area contributed by atoms with E-state index in [2.05, 4.69) is 72.7 Å². The first-order valence-electron chi connectivity index (χ1n) is 13.5. The molecule has 0 aliphatic rings. The molecule has 6 nitrogen and oxygen atoms in total. The van der Waals surface area contributed by atoms with Gasteiger partial charge in [0, 0.05) is 25.1 Å². The molecule has 7 heteroatoms. The molecule has 0 fully saturated rings. The normalized spacial score (nSPS) is 13.1. The summed E-state index contributed by atoms with van der Waals surface area (Å²) in [6, 6.07) is 18.6. The summed E-state index contributed by atoms with van der Waals surface area (Å²) in [6.45, 7) is 15.7. The van der Waals surface area contributed by atoms with Crippen molar-refractivity contribution in [2.24, 2.45) is 19.5 Å². The molecule has 0 atom stereocenters. The zero-order valence-electron chi connectivity index (χ0n) is 24.5. The van der Waals surface area contributed by atoms with Crippen LogP contribution in [0.25, 0.3) is 27.8 Å². The number of phenols is 1. The Bertz CT molecular complexity index is 1700. The lowest BCUT2D eigenvalue weighted by Crippen LogP contribution is -2.27. The van der Waals surface area contributed by atoms with Crippen molar-refractivity contribution in [2.75, 3.05) is 0 Å². The van der Waals surface area contributed by atoms with E-state index in [4.69, 9.17) is 22.4 Å². The minimum atomic E-state index is -0.442. The third-order valence-electron chi connectivity index (χ3n) is 8.00. The Morgan fingerprint density at radius 1 is 0.769 bits per heavy atom. The molecular weight excluding hydrogens is 502 g/mol. The Kier molecular flexibility index (Phi) is 6.30. The van der Waals surface area contributed by atoms with Crippen molar-refractivity contribution in [1.82, 2.24) is 24.1 Å². The molecule has 1 N–H and O–H groups in total. The van der Waals surface area contributed by atoms with Crippen LogP contribution in [0.1, 0.15) is 71.6 Å². The van der Waals surface area contributed by atoms with E-state index in [0.717, 1.165) is 49.9 Å². The molecule has 2 heterocycles. The minimum Gasteiger partial charge on any atom is -0.505 e. The highest BCUT2D eigenvalue weighted by Crippen LogP contribution is 2.44. The average molecular weight is 542 g/mol. The van der Waals surface area contributed by atoms with Crippen LogP contribution in [0.4, 0.5) is 0 Å². The van der Waals surface area contributed by atoms with E-state index in [9.17, 15) is 5.11 Å². The Hall–Kier alpha value is -3.45. The largest absolute Gasteiger partial charge is 0.505 e. The fraction of sp³-hybridized carbons (Fsp3) is 0.406. The van der Waals surface area contributed by atoms with Crippen LogP contribution in [0.2, 0.25) is 0 Å². The highest BCUT2D eigenvalue weighted by Gasteiger charge is 2.33. The van der Waals surface area contributed by atoms with Crippen molar-refractivity contribution in [2.45, 2.75) is 65.7 Å². The molecule has 204 valence electrons. The Balaban J connectivity index is 1.76. The number of aryl methyl sites for hydroxylation is 2. The van der Waals surface area contributed by atoms with E-state index in [1.165, 1.54) is 0 Å². The number of rotatable bonds is 5. The molecule has 0 saturated heterocycles. The highest BCUT2D eigenvalue weighted by molar-refractivity contribution is 7.71. The van der Waals surface area contributed by atoms with Crippen molar-refractivity contribution in [3.05, 3.63) is 76.1 Å². The van der Waals surface area contributed by atoms with Crippen molar-refractivity contribution in [1.29, 1.82) is 0 Å². The van der Waals surface area contributed by atoms with Crippen LogP contribution in [0.3, 0.4) is 0 Å². The van der Waals surface area contributed by atoms with Gasteiger partial charge >= 0.3 is 0 Å². The molecule has 0 radical (unpaired) electrons. The number of imidazole rings is 1. The number of fused-ring (bicyclic) bond motifs is 2. The van der Waals surface area contributed by atoms with E-state index in [0.29, 0.717) is 5.69 Å². The fourth-order valence-corrected chi connectivity index (χ4v) is 6.29. The SMILES string of the molecule is Cn1c(=S)n(C)c2cc3nn(-c4cc(C(C)(C)CC(C)(C)C)cc(C(C)(C)c5ccccc5)c4O)nc3cc21. The smallest absolute Gasteiger partial charge is 0.180 e. The molecule has 5 aromatic rings. The summed E-state index contributed by atoms with van der Waals surface area (Å²) in [5.74, 6) is 0.197. The van der Waals surface area contributed by atoms with Crippen molar-refractivity contribution in [3.8, 4) is 11.4 Å². The number of hydrogen-bond acceptors (Lipinski definition) is 4. The molecular formula is C32H39N5OS. The van der Waals surface area contributed by atoms with Gasteiger partial charge in [0.25, 0.3) is 0 Å². The van der Waals surface area contributed by atoms with Gasteiger partial charge in [0.2, 0.25) is 0 Å². The first-order chi connectivity index (χ1) is 18.1. The van der Waals surface area contributed by atoms with Crippen LogP contribution in [-0.2, 0) is 24.9 Å². The third kappa shape index (κ3) is 4.67. The topological polar surface area (TPSA) is 60.8 Å². The van der Waals surface area contributed by atoms with Gasteiger partial charge in [0.1, 0.15) is 22.5 Å². The average Bonchev–Trinajstić information content (AvgIpc) is 3.36. The predicted octanol–water partition coefficient (Wildman–Crippen LogP) is 7.73. The van der Waals surface area contributed by atoms with Gasteiger partial charge in [-0.25, -0.2) is 0 Å². The molecule has 0 aliphatic heterocycles. The van der Waals surface area contributed by atoms with Gasteiger partial charge in [0.15, 0.2) is 4.77 Å². The molecule has 2 aromatic heterocycles. The summed E-state index contributed by atoms with van der Waals surface area (Å²) in [6.07, 6.45) is 0.981. The Morgan fingerprint density at radius 2 is 1.31 bits per heavy atom. The van der Waals surface area contributed by atoms with E-state index in [1.54, 1.807) is 4.80 Å².